The lowest BCUT2D eigenvalue weighted by Gasteiger charge is -2.09. The maximum absolute atomic E-state index is 11.1. The highest BCUT2D eigenvalue weighted by Crippen LogP contribution is 2.21. The van der Waals surface area contributed by atoms with Crippen LogP contribution in [0.1, 0.15) is 27.0 Å². The number of hydrogen-bond acceptors (Lipinski definition) is 3. The Kier molecular flexibility index (Phi) is 4.38. The van der Waals surface area contributed by atoms with Crippen molar-refractivity contribution in [2.24, 2.45) is 5.73 Å². The average Bonchev–Trinajstić information content (AvgIpc) is 2.44. The Morgan fingerprint density at radius 1 is 1.20 bits per heavy atom. The summed E-state index contributed by atoms with van der Waals surface area (Å²) in [5, 5.41) is 13.2. The number of para-hydroxylation sites is 1. The molecule has 2 aromatic rings. The molecule has 4 nitrogen and oxygen atoms in total. The number of nitrogens with two attached hydrogens (primary N) is 1. The van der Waals surface area contributed by atoms with Gasteiger partial charge in [0.05, 0.1) is 0 Å². The van der Waals surface area contributed by atoms with Gasteiger partial charge in [-0.3, -0.25) is 4.79 Å². The van der Waals surface area contributed by atoms with Crippen LogP contribution in [0.2, 0.25) is 0 Å². The van der Waals surface area contributed by atoms with E-state index in [4.69, 9.17) is 5.73 Å². The van der Waals surface area contributed by atoms with Crippen LogP contribution < -0.4 is 11.1 Å². The Morgan fingerprint density at radius 2 is 1.95 bits per heavy atom. The van der Waals surface area contributed by atoms with E-state index in [-0.39, 0.29) is 0 Å². The van der Waals surface area contributed by atoms with Gasteiger partial charge in [-0.15, -0.1) is 0 Å². The molecular weight excluding hydrogens is 252 g/mol. The molecule has 0 saturated heterocycles. The highest BCUT2D eigenvalue weighted by atomic mass is 16.3. The number of phenols is 1. The third kappa shape index (κ3) is 3.36. The standard InChI is InChI=1S/C16H18N2O2/c1-11-4-2-7-14(15(11)19)10-18-9-12-5-3-6-13(8-12)16(17)20/h2-8,18-19H,9-10H2,1H3,(H2,17,20). The summed E-state index contributed by atoms with van der Waals surface area (Å²) in [6.07, 6.45) is 0. The topological polar surface area (TPSA) is 75.3 Å². The van der Waals surface area contributed by atoms with Crippen LogP contribution in [0.4, 0.5) is 0 Å². The molecular formula is C16H18N2O2. The number of carbonyl (C=O) groups excluding carboxylic acids is 1. The summed E-state index contributed by atoms with van der Waals surface area (Å²) in [5.74, 6) is -0.103. The van der Waals surface area contributed by atoms with Crippen LogP contribution in [-0.2, 0) is 13.1 Å². The fraction of sp³-hybridized carbons (Fsp3) is 0.188. The molecule has 1 amide bonds. The van der Waals surface area contributed by atoms with Crippen molar-refractivity contribution in [2.75, 3.05) is 0 Å². The maximum atomic E-state index is 11.1. The molecule has 0 fully saturated rings. The second-order valence-electron chi connectivity index (χ2n) is 4.75. The van der Waals surface area contributed by atoms with Gasteiger partial charge in [0.15, 0.2) is 0 Å². The Bertz CT molecular complexity index is 624. The number of nitrogens with one attached hydrogen (secondary N) is 1. The highest BCUT2D eigenvalue weighted by Gasteiger charge is 2.04. The van der Waals surface area contributed by atoms with Crippen molar-refractivity contribution in [3.63, 3.8) is 0 Å². The van der Waals surface area contributed by atoms with Crippen LogP contribution in [0.15, 0.2) is 42.5 Å². The molecule has 0 aliphatic rings. The Morgan fingerprint density at radius 3 is 2.70 bits per heavy atom. The van der Waals surface area contributed by atoms with Gasteiger partial charge in [0.2, 0.25) is 5.91 Å². The van der Waals surface area contributed by atoms with Crippen LogP contribution in [0.25, 0.3) is 0 Å². The van der Waals surface area contributed by atoms with Gasteiger partial charge < -0.3 is 16.2 Å². The van der Waals surface area contributed by atoms with E-state index in [1.165, 1.54) is 0 Å². The van der Waals surface area contributed by atoms with Gasteiger partial charge in [-0.05, 0) is 30.2 Å². The first-order valence-electron chi connectivity index (χ1n) is 6.45. The van der Waals surface area contributed by atoms with Crippen molar-refractivity contribution in [2.45, 2.75) is 20.0 Å². The molecule has 2 aromatic carbocycles. The van der Waals surface area contributed by atoms with Crippen molar-refractivity contribution in [3.8, 4) is 5.75 Å². The summed E-state index contributed by atoms with van der Waals surface area (Å²) in [6, 6.07) is 12.9. The summed E-state index contributed by atoms with van der Waals surface area (Å²) in [5.41, 5.74) is 8.45. The van der Waals surface area contributed by atoms with E-state index in [1.54, 1.807) is 18.2 Å². The number of primary amides is 1. The minimum atomic E-state index is -0.428. The summed E-state index contributed by atoms with van der Waals surface area (Å²) in [7, 11) is 0. The SMILES string of the molecule is Cc1cccc(CNCc2cccc(C(N)=O)c2)c1O. The van der Waals surface area contributed by atoms with Crippen LogP contribution in [0.5, 0.6) is 5.75 Å². The van der Waals surface area contributed by atoms with Crippen molar-refractivity contribution in [1.29, 1.82) is 0 Å². The van der Waals surface area contributed by atoms with Crippen molar-refractivity contribution in [1.82, 2.24) is 5.32 Å². The quantitative estimate of drug-likeness (QED) is 0.778. The predicted molar refractivity (Wildman–Crippen MR) is 78.3 cm³/mol. The number of aryl methyl sites for hydroxylation is 1. The third-order valence-electron chi connectivity index (χ3n) is 3.18. The lowest BCUT2D eigenvalue weighted by atomic mass is 10.1. The molecule has 4 N–H and O–H groups in total. The summed E-state index contributed by atoms with van der Waals surface area (Å²) in [4.78, 5) is 11.1. The fourth-order valence-electron chi connectivity index (χ4n) is 2.04. The van der Waals surface area contributed by atoms with E-state index in [2.05, 4.69) is 5.32 Å². The molecule has 0 heterocycles. The molecule has 0 unspecified atom stereocenters. The molecule has 104 valence electrons. The Balaban J connectivity index is 1.98. The van der Waals surface area contributed by atoms with Crippen molar-refractivity contribution < 1.29 is 9.90 Å². The lowest BCUT2D eigenvalue weighted by Crippen LogP contribution is -2.15. The number of amides is 1. The molecule has 0 aliphatic carbocycles. The molecule has 4 heteroatoms. The van der Waals surface area contributed by atoms with Crippen molar-refractivity contribution >= 4 is 5.91 Å². The van der Waals surface area contributed by atoms with Gasteiger partial charge in [-0.1, -0.05) is 30.3 Å². The summed E-state index contributed by atoms with van der Waals surface area (Å²) in [6.45, 7) is 3.04. The Labute approximate surface area is 118 Å². The third-order valence-corrected chi connectivity index (χ3v) is 3.18. The second kappa shape index (κ2) is 6.21. The molecule has 0 spiro atoms. The number of rotatable bonds is 5. The zero-order valence-corrected chi connectivity index (χ0v) is 11.4. The number of benzene rings is 2. The van der Waals surface area contributed by atoms with Gasteiger partial charge in [-0.2, -0.15) is 0 Å². The molecule has 0 bridgehead atoms. The maximum Gasteiger partial charge on any atom is 0.248 e. The molecule has 0 atom stereocenters. The van der Waals surface area contributed by atoms with Gasteiger partial charge in [0, 0.05) is 24.2 Å². The predicted octanol–water partition coefficient (Wildman–Crippen LogP) is 2.09. The van der Waals surface area contributed by atoms with E-state index in [9.17, 15) is 9.90 Å². The van der Waals surface area contributed by atoms with Crippen molar-refractivity contribution in [3.05, 3.63) is 64.7 Å². The van der Waals surface area contributed by atoms with Gasteiger partial charge in [-0.25, -0.2) is 0 Å². The minimum absolute atomic E-state index is 0.325. The lowest BCUT2D eigenvalue weighted by molar-refractivity contribution is 0.1000. The largest absolute Gasteiger partial charge is 0.507 e. The number of aromatic hydroxyl groups is 1. The summed E-state index contributed by atoms with van der Waals surface area (Å²) < 4.78 is 0. The first-order chi connectivity index (χ1) is 9.58. The minimum Gasteiger partial charge on any atom is -0.507 e. The zero-order valence-electron chi connectivity index (χ0n) is 11.4. The number of hydrogen-bond donors (Lipinski definition) is 3. The van der Waals surface area contributed by atoms with E-state index in [0.29, 0.717) is 24.4 Å². The van der Waals surface area contributed by atoms with Gasteiger partial charge >= 0.3 is 0 Å². The van der Waals surface area contributed by atoms with Crippen LogP contribution in [0, 0.1) is 6.92 Å². The van der Waals surface area contributed by atoms with E-state index in [0.717, 1.165) is 16.7 Å². The molecule has 0 radical (unpaired) electrons. The first-order valence-corrected chi connectivity index (χ1v) is 6.45. The van der Waals surface area contributed by atoms with Crippen LogP contribution in [-0.4, -0.2) is 11.0 Å². The number of carbonyl (C=O) groups is 1. The monoisotopic (exact) mass is 270 g/mol. The average molecular weight is 270 g/mol. The summed E-state index contributed by atoms with van der Waals surface area (Å²) >= 11 is 0. The first kappa shape index (κ1) is 14.1. The normalized spacial score (nSPS) is 10.4. The molecule has 0 aliphatic heterocycles. The zero-order chi connectivity index (χ0) is 14.5. The molecule has 20 heavy (non-hydrogen) atoms. The van der Waals surface area contributed by atoms with Crippen LogP contribution >= 0.6 is 0 Å². The highest BCUT2D eigenvalue weighted by molar-refractivity contribution is 5.92. The molecule has 0 aromatic heterocycles. The van der Waals surface area contributed by atoms with E-state index < -0.39 is 5.91 Å². The smallest absolute Gasteiger partial charge is 0.248 e. The Hall–Kier alpha value is -2.33. The van der Waals surface area contributed by atoms with E-state index >= 15 is 0 Å². The molecule has 2 rings (SSSR count). The number of phenolic OH excluding ortho intramolecular Hbond substituents is 1. The van der Waals surface area contributed by atoms with Gasteiger partial charge in [0.1, 0.15) is 5.75 Å². The van der Waals surface area contributed by atoms with Gasteiger partial charge in [0.25, 0.3) is 0 Å². The second-order valence-corrected chi connectivity index (χ2v) is 4.75. The fourth-order valence-corrected chi connectivity index (χ4v) is 2.04. The molecule has 0 saturated carbocycles. The van der Waals surface area contributed by atoms with Crippen LogP contribution in [0.3, 0.4) is 0 Å². The van der Waals surface area contributed by atoms with E-state index in [1.807, 2.05) is 31.2 Å².